The zero-order valence-electron chi connectivity index (χ0n) is 9.24. The van der Waals surface area contributed by atoms with Gasteiger partial charge in [0.15, 0.2) is 0 Å². The van der Waals surface area contributed by atoms with Gasteiger partial charge < -0.3 is 4.90 Å². The van der Waals surface area contributed by atoms with E-state index in [1.54, 1.807) is 6.07 Å². The van der Waals surface area contributed by atoms with Crippen LogP contribution >= 0.6 is 15.9 Å². The minimum absolute atomic E-state index is 0.576. The van der Waals surface area contributed by atoms with Crippen LogP contribution in [0.15, 0.2) is 22.7 Å². The first kappa shape index (κ1) is 12.8. The van der Waals surface area contributed by atoms with E-state index in [0.29, 0.717) is 12.1 Å². The normalized spacial score (nSPS) is 9.56. The second-order valence-corrected chi connectivity index (χ2v) is 4.31. The summed E-state index contributed by atoms with van der Waals surface area (Å²) in [6.07, 6.45) is 7.20. The lowest BCUT2D eigenvalue weighted by atomic mass is 10.2. The third-order valence-corrected chi connectivity index (χ3v) is 2.86. The molecule has 0 aliphatic heterocycles. The van der Waals surface area contributed by atoms with E-state index in [1.807, 2.05) is 12.1 Å². The van der Waals surface area contributed by atoms with Crippen molar-refractivity contribution in [1.82, 2.24) is 0 Å². The van der Waals surface area contributed by atoms with Crippen LogP contribution in [-0.2, 0) is 0 Å². The van der Waals surface area contributed by atoms with Gasteiger partial charge in [-0.3, -0.25) is 4.79 Å². The van der Waals surface area contributed by atoms with Gasteiger partial charge in [0.25, 0.3) is 0 Å². The number of nitrogens with zero attached hydrogens (tertiary/aromatic N) is 1. The van der Waals surface area contributed by atoms with Crippen LogP contribution in [0.2, 0.25) is 0 Å². The average molecular weight is 280 g/mol. The largest absolute Gasteiger partial charge is 0.359 e. The van der Waals surface area contributed by atoms with Crippen molar-refractivity contribution in [3.05, 3.63) is 28.2 Å². The monoisotopic (exact) mass is 279 g/mol. The summed E-state index contributed by atoms with van der Waals surface area (Å²) >= 11 is 3.46. The Morgan fingerprint density at radius 2 is 2.31 bits per heavy atom. The third kappa shape index (κ3) is 3.11. The van der Waals surface area contributed by atoms with E-state index in [9.17, 15) is 4.79 Å². The summed E-state index contributed by atoms with van der Waals surface area (Å²) in [5.74, 6) is 2.64. The minimum atomic E-state index is 0.576. The Kier molecular flexibility index (Phi) is 5.07. The van der Waals surface area contributed by atoms with Gasteiger partial charge in [-0.25, -0.2) is 0 Å². The molecular formula is C13H14BrNO. The van der Waals surface area contributed by atoms with Crippen molar-refractivity contribution in [2.24, 2.45) is 0 Å². The van der Waals surface area contributed by atoms with Gasteiger partial charge in [-0.05, 0) is 40.5 Å². The molecule has 1 rings (SSSR count). The number of benzene rings is 1. The molecule has 84 valence electrons. The SMILES string of the molecule is C#CCN(CCC)c1ccc(C=O)cc1Br. The molecule has 0 atom stereocenters. The third-order valence-electron chi connectivity index (χ3n) is 2.22. The number of carbonyl (C=O) groups excluding carboxylic acids is 1. The van der Waals surface area contributed by atoms with Gasteiger partial charge in [0.2, 0.25) is 0 Å². The lowest BCUT2D eigenvalue weighted by molar-refractivity contribution is 0.112. The van der Waals surface area contributed by atoms with Crippen molar-refractivity contribution < 1.29 is 4.79 Å². The molecule has 0 saturated heterocycles. The van der Waals surface area contributed by atoms with Crippen LogP contribution in [0, 0.1) is 12.3 Å². The second-order valence-electron chi connectivity index (χ2n) is 3.45. The van der Waals surface area contributed by atoms with Crippen LogP contribution in [0.4, 0.5) is 5.69 Å². The van der Waals surface area contributed by atoms with Gasteiger partial charge in [0.1, 0.15) is 6.29 Å². The number of halogens is 1. The fourth-order valence-corrected chi connectivity index (χ4v) is 2.16. The molecule has 0 heterocycles. The number of terminal acetylenes is 1. The smallest absolute Gasteiger partial charge is 0.150 e. The number of aldehydes is 1. The summed E-state index contributed by atoms with van der Waals surface area (Å²) in [7, 11) is 0. The number of carbonyl (C=O) groups is 1. The molecule has 16 heavy (non-hydrogen) atoms. The molecule has 0 amide bonds. The molecule has 0 unspecified atom stereocenters. The van der Waals surface area contributed by atoms with Gasteiger partial charge in [-0.15, -0.1) is 6.42 Å². The molecule has 0 aliphatic carbocycles. The summed E-state index contributed by atoms with van der Waals surface area (Å²) < 4.78 is 0.904. The number of anilines is 1. The first-order valence-corrected chi connectivity index (χ1v) is 5.95. The van der Waals surface area contributed by atoms with Crippen molar-refractivity contribution >= 4 is 27.9 Å². The predicted octanol–water partition coefficient (Wildman–Crippen LogP) is 3.11. The van der Waals surface area contributed by atoms with Crippen LogP contribution in [0.5, 0.6) is 0 Å². The summed E-state index contributed by atoms with van der Waals surface area (Å²) in [6.45, 7) is 3.59. The second kappa shape index (κ2) is 6.34. The molecule has 0 aliphatic rings. The highest BCUT2D eigenvalue weighted by atomic mass is 79.9. The van der Waals surface area contributed by atoms with Crippen LogP contribution < -0.4 is 4.90 Å². The van der Waals surface area contributed by atoms with E-state index in [0.717, 1.165) is 29.4 Å². The van der Waals surface area contributed by atoms with Gasteiger partial charge in [0.05, 0.1) is 12.2 Å². The maximum Gasteiger partial charge on any atom is 0.150 e. The predicted molar refractivity (Wildman–Crippen MR) is 70.9 cm³/mol. The average Bonchev–Trinajstić information content (AvgIpc) is 2.29. The summed E-state index contributed by atoms with van der Waals surface area (Å²) in [6, 6.07) is 5.52. The molecular weight excluding hydrogens is 266 g/mol. The van der Waals surface area contributed by atoms with Crippen LogP contribution in [0.3, 0.4) is 0 Å². The van der Waals surface area contributed by atoms with E-state index >= 15 is 0 Å². The molecule has 0 saturated carbocycles. The molecule has 0 bridgehead atoms. The highest BCUT2D eigenvalue weighted by Crippen LogP contribution is 2.27. The van der Waals surface area contributed by atoms with Gasteiger partial charge in [-0.1, -0.05) is 12.8 Å². The Bertz CT molecular complexity index is 409. The van der Waals surface area contributed by atoms with Gasteiger partial charge in [0, 0.05) is 16.6 Å². The standard InChI is InChI=1S/C13H14BrNO/c1-3-7-15(8-4-2)13-6-5-11(10-16)9-12(13)14/h1,5-6,9-10H,4,7-8H2,2H3. The van der Waals surface area contributed by atoms with Gasteiger partial charge >= 0.3 is 0 Å². The molecule has 2 nitrogen and oxygen atoms in total. The Labute approximate surface area is 105 Å². The van der Waals surface area contributed by atoms with Crippen molar-refractivity contribution in [2.75, 3.05) is 18.0 Å². The zero-order chi connectivity index (χ0) is 12.0. The van der Waals surface area contributed by atoms with E-state index in [1.165, 1.54) is 0 Å². The quantitative estimate of drug-likeness (QED) is 0.610. The fourth-order valence-electron chi connectivity index (χ4n) is 1.52. The van der Waals surface area contributed by atoms with E-state index in [-0.39, 0.29) is 0 Å². The Hall–Kier alpha value is -1.27. The minimum Gasteiger partial charge on any atom is -0.359 e. The molecule has 0 radical (unpaired) electrons. The topological polar surface area (TPSA) is 20.3 Å². The lowest BCUT2D eigenvalue weighted by Crippen LogP contribution is -2.24. The maximum absolute atomic E-state index is 10.6. The molecule has 1 aromatic rings. The van der Waals surface area contributed by atoms with Crippen molar-refractivity contribution in [3.63, 3.8) is 0 Å². The van der Waals surface area contributed by atoms with E-state index in [4.69, 9.17) is 6.42 Å². The van der Waals surface area contributed by atoms with Crippen LogP contribution in [0.25, 0.3) is 0 Å². The molecule has 1 aromatic carbocycles. The highest BCUT2D eigenvalue weighted by molar-refractivity contribution is 9.10. The summed E-state index contributed by atoms with van der Waals surface area (Å²) in [5, 5.41) is 0. The Morgan fingerprint density at radius 1 is 1.56 bits per heavy atom. The molecule has 0 aromatic heterocycles. The van der Waals surface area contributed by atoms with Crippen molar-refractivity contribution in [3.8, 4) is 12.3 Å². The van der Waals surface area contributed by atoms with E-state index < -0.39 is 0 Å². The summed E-state index contributed by atoms with van der Waals surface area (Å²) in [4.78, 5) is 12.7. The first-order valence-electron chi connectivity index (χ1n) is 5.16. The number of hydrogen-bond donors (Lipinski definition) is 0. The lowest BCUT2D eigenvalue weighted by Gasteiger charge is -2.23. The highest BCUT2D eigenvalue weighted by Gasteiger charge is 2.08. The summed E-state index contributed by atoms with van der Waals surface area (Å²) in [5.41, 5.74) is 1.69. The fraction of sp³-hybridized carbons (Fsp3) is 0.308. The van der Waals surface area contributed by atoms with Crippen LogP contribution in [-0.4, -0.2) is 19.4 Å². The van der Waals surface area contributed by atoms with E-state index in [2.05, 4.69) is 33.7 Å². The zero-order valence-corrected chi connectivity index (χ0v) is 10.8. The first-order chi connectivity index (χ1) is 7.72. The Morgan fingerprint density at radius 3 is 2.81 bits per heavy atom. The molecule has 3 heteroatoms. The number of hydrogen-bond acceptors (Lipinski definition) is 2. The van der Waals surface area contributed by atoms with Crippen molar-refractivity contribution in [1.29, 1.82) is 0 Å². The van der Waals surface area contributed by atoms with Crippen molar-refractivity contribution in [2.45, 2.75) is 13.3 Å². The molecule has 0 fully saturated rings. The number of rotatable bonds is 5. The molecule has 0 spiro atoms. The Balaban J connectivity index is 3.00. The molecule has 0 N–H and O–H groups in total. The van der Waals surface area contributed by atoms with Crippen LogP contribution in [0.1, 0.15) is 23.7 Å². The van der Waals surface area contributed by atoms with Gasteiger partial charge in [-0.2, -0.15) is 0 Å². The maximum atomic E-state index is 10.6.